The van der Waals surface area contributed by atoms with Gasteiger partial charge in [-0.2, -0.15) is 0 Å². The zero-order valence-electron chi connectivity index (χ0n) is 16.4. The molecule has 2 aromatic carbocycles. The number of nitrogens with two attached hydrogens (primary N) is 1. The van der Waals surface area contributed by atoms with Crippen molar-refractivity contribution in [2.24, 2.45) is 5.73 Å². The van der Waals surface area contributed by atoms with Gasteiger partial charge in [0.1, 0.15) is 11.5 Å². The van der Waals surface area contributed by atoms with E-state index in [1.165, 1.54) is 6.42 Å². The first-order chi connectivity index (χ1) is 13.3. The lowest BCUT2D eigenvalue weighted by Crippen LogP contribution is -2.43. The Morgan fingerprint density at radius 3 is 2.00 bits per heavy atom. The lowest BCUT2D eigenvalue weighted by Gasteiger charge is -2.26. The zero-order valence-corrected chi connectivity index (χ0v) is 16.4. The highest BCUT2D eigenvalue weighted by Crippen LogP contribution is 2.26. The first-order valence-corrected chi connectivity index (χ1v) is 9.60. The van der Waals surface area contributed by atoms with Gasteiger partial charge in [0, 0.05) is 18.7 Å². The molecule has 0 bridgehead atoms. The maximum absolute atomic E-state index is 12.5. The Hall–Kier alpha value is -3.02. The Labute approximate surface area is 165 Å². The van der Waals surface area contributed by atoms with E-state index in [9.17, 15) is 9.59 Å². The normalized spacial score (nSPS) is 14.4. The van der Waals surface area contributed by atoms with E-state index in [2.05, 4.69) is 5.32 Å². The van der Waals surface area contributed by atoms with Crippen molar-refractivity contribution in [3.05, 3.63) is 59.7 Å². The van der Waals surface area contributed by atoms with Crippen LogP contribution in [0.2, 0.25) is 0 Å². The molecule has 1 heterocycles. The summed E-state index contributed by atoms with van der Waals surface area (Å²) in [5, 5.41) is 2.71. The monoisotopic (exact) mass is 381 g/mol. The van der Waals surface area contributed by atoms with E-state index in [4.69, 9.17) is 10.5 Å². The molecule has 0 saturated carbocycles. The molecule has 1 saturated heterocycles. The fourth-order valence-corrected chi connectivity index (χ4v) is 3.40. The van der Waals surface area contributed by atoms with Gasteiger partial charge in [0.25, 0.3) is 5.91 Å². The largest absolute Gasteiger partial charge is 0.457 e. The van der Waals surface area contributed by atoms with Crippen molar-refractivity contribution in [2.75, 3.05) is 13.1 Å². The number of benzene rings is 2. The predicted octanol–water partition coefficient (Wildman–Crippen LogP) is 4.01. The number of hydrogen-bond donors (Lipinski definition) is 2. The molecular weight excluding hydrogens is 354 g/mol. The summed E-state index contributed by atoms with van der Waals surface area (Å²) in [7, 11) is 0. The van der Waals surface area contributed by atoms with E-state index in [0.717, 1.165) is 31.5 Å². The van der Waals surface area contributed by atoms with Crippen LogP contribution < -0.4 is 15.8 Å². The number of piperidine rings is 1. The Morgan fingerprint density at radius 1 is 0.929 bits per heavy atom. The molecule has 1 aliphatic heterocycles. The summed E-state index contributed by atoms with van der Waals surface area (Å²) in [6.45, 7) is 5.44. The van der Waals surface area contributed by atoms with Gasteiger partial charge in [-0.15, -0.1) is 0 Å². The summed E-state index contributed by atoms with van der Waals surface area (Å²) < 4.78 is 5.87. The average Bonchev–Trinajstić information content (AvgIpc) is 2.68. The average molecular weight is 381 g/mol. The first-order valence-electron chi connectivity index (χ1n) is 9.60. The number of nitrogens with zero attached hydrogens (tertiary/aromatic N) is 1. The fraction of sp³-hybridized carbons (Fsp3) is 0.364. The Balaban J connectivity index is 1.64. The van der Waals surface area contributed by atoms with Crippen LogP contribution in [0.1, 0.15) is 49.0 Å². The van der Waals surface area contributed by atoms with E-state index < -0.39 is 11.6 Å². The second-order valence-electron chi connectivity index (χ2n) is 7.62. The van der Waals surface area contributed by atoms with Gasteiger partial charge in [0.2, 0.25) is 0 Å². The molecule has 3 amide bonds. The van der Waals surface area contributed by atoms with Crippen molar-refractivity contribution >= 4 is 11.9 Å². The minimum absolute atomic E-state index is 0.0831. The number of hydrogen-bond acceptors (Lipinski definition) is 3. The highest BCUT2D eigenvalue weighted by atomic mass is 16.5. The zero-order chi connectivity index (χ0) is 20.1. The van der Waals surface area contributed by atoms with Crippen LogP contribution in [0.4, 0.5) is 4.79 Å². The summed E-state index contributed by atoms with van der Waals surface area (Å²) in [6, 6.07) is 14.1. The topological polar surface area (TPSA) is 84.7 Å². The summed E-state index contributed by atoms with van der Waals surface area (Å²) >= 11 is 0. The summed E-state index contributed by atoms with van der Waals surface area (Å²) in [6.07, 6.45) is 3.36. The van der Waals surface area contributed by atoms with Crippen molar-refractivity contribution < 1.29 is 14.3 Å². The van der Waals surface area contributed by atoms with Crippen molar-refractivity contribution in [3.8, 4) is 11.5 Å². The van der Waals surface area contributed by atoms with Crippen molar-refractivity contribution in [1.29, 1.82) is 0 Å². The molecule has 0 aliphatic carbocycles. The van der Waals surface area contributed by atoms with Gasteiger partial charge in [0.15, 0.2) is 0 Å². The van der Waals surface area contributed by atoms with Crippen LogP contribution in [-0.2, 0) is 5.54 Å². The molecule has 0 unspecified atom stereocenters. The van der Waals surface area contributed by atoms with E-state index in [1.54, 1.807) is 12.1 Å². The number of likely N-dealkylation sites (tertiary alicyclic amines) is 1. The summed E-state index contributed by atoms with van der Waals surface area (Å²) in [5.41, 5.74) is 6.26. The minimum atomic E-state index is -0.569. The molecule has 3 rings (SSSR count). The number of nitrogens with one attached hydrogen (secondary N) is 1. The second kappa shape index (κ2) is 8.33. The molecule has 3 N–H and O–H groups in total. The molecule has 2 aromatic rings. The second-order valence-corrected chi connectivity index (χ2v) is 7.62. The molecule has 1 fully saturated rings. The standard InChI is InChI=1S/C22H27N3O3/c1-22(2,24-21(23)27)17-8-12-19(13-9-17)28-18-10-6-16(7-11-18)20(26)25-14-4-3-5-15-25/h6-13H,3-5,14-15H2,1-2H3,(H3,23,24,27). The van der Waals surface area contributed by atoms with Crippen LogP contribution >= 0.6 is 0 Å². The van der Waals surface area contributed by atoms with Crippen molar-refractivity contribution in [2.45, 2.75) is 38.6 Å². The highest BCUT2D eigenvalue weighted by Gasteiger charge is 2.21. The van der Waals surface area contributed by atoms with Gasteiger partial charge in [-0.3, -0.25) is 4.79 Å². The van der Waals surface area contributed by atoms with E-state index in [-0.39, 0.29) is 5.91 Å². The van der Waals surface area contributed by atoms with Crippen LogP contribution in [0.5, 0.6) is 11.5 Å². The molecule has 0 radical (unpaired) electrons. The van der Waals surface area contributed by atoms with Crippen LogP contribution in [0, 0.1) is 0 Å². The van der Waals surface area contributed by atoms with Crippen molar-refractivity contribution in [3.63, 3.8) is 0 Å². The molecular formula is C22H27N3O3. The highest BCUT2D eigenvalue weighted by molar-refractivity contribution is 5.94. The lowest BCUT2D eigenvalue weighted by atomic mass is 9.94. The predicted molar refractivity (Wildman–Crippen MR) is 108 cm³/mol. The van der Waals surface area contributed by atoms with Gasteiger partial charge in [-0.05, 0) is 75.1 Å². The molecule has 28 heavy (non-hydrogen) atoms. The van der Waals surface area contributed by atoms with Gasteiger partial charge < -0.3 is 20.7 Å². The van der Waals surface area contributed by atoms with Crippen LogP contribution in [-0.4, -0.2) is 29.9 Å². The number of urea groups is 1. The SMILES string of the molecule is CC(C)(NC(N)=O)c1ccc(Oc2ccc(C(=O)N3CCCCC3)cc2)cc1. The van der Waals surface area contributed by atoms with Crippen LogP contribution in [0.15, 0.2) is 48.5 Å². The van der Waals surface area contributed by atoms with E-state index in [0.29, 0.717) is 17.1 Å². The van der Waals surface area contributed by atoms with E-state index >= 15 is 0 Å². The Morgan fingerprint density at radius 2 is 1.46 bits per heavy atom. The number of ether oxygens (including phenoxy) is 1. The third-order valence-electron chi connectivity index (χ3n) is 4.99. The molecule has 0 aromatic heterocycles. The maximum Gasteiger partial charge on any atom is 0.312 e. The first kappa shape index (κ1) is 19.7. The molecule has 6 heteroatoms. The number of amides is 3. The molecule has 148 valence electrons. The molecule has 0 atom stereocenters. The Bertz CT molecular complexity index is 823. The smallest absolute Gasteiger partial charge is 0.312 e. The van der Waals surface area contributed by atoms with E-state index in [1.807, 2.05) is 55.1 Å². The number of carbonyl (C=O) groups excluding carboxylic acids is 2. The van der Waals surface area contributed by atoms with Gasteiger partial charge in [-0.1, -0.05) is 12.1 Å². The van der Waals surface area contributed by atoms with Gasteiger partial charge in [0.05, 0.1) is 5.54 Å². The fourth-order valence-electron chi connectivity index (χ4n) is 3.40. The molecule has 6 nitrogen and oxygen atoms in total. The number of rotatable bonds is 5. The van der Waals surface area contributed by atoms with Gasteiger partial charge in [-0.25, -0.2) is 4.79 Å². The Kier molecular flexibility index (Phi) is 5.87. The minimum Gasteiger partial charge on any atom is -0.457 e. The third kappa shape index (κ3) is 4.82. The quantitative estimate of drug-likeness (QED) is 0.821. The summed E-state index contributed by atoms with van der Waals surface area (Å²) in [5.74, 6) is 1.42. The molecule has 1 aliphatic rings. The maximum atomic E-state index is 12.5. The number of carbonyl (C=O) groups is 2. The summed E-state index contributed by atoms with van der Waals surface area (Å²) in [4.78, 5) is 25.6. The number of primary amides is 1. The van der Waals surface area contributed by atoms with Crippen LogP contribution in [0.25, 0.3) is 0 Å². The van der Waals surface area contributed by atoms with Crippen molar-refractivity contribution in [1.82, 2.24) is 10.2 Å². The van der Waals surface area contributed by atoms with Crippen LogP contribution in [0.3, 0.4) is 0 Å². The lowest BCUT2D eigenvalue weighted by molar-refractivity contribution is 0.0724. The third-order valence-corrected chi connectivity index (χ3v) is 4.99. The molecule has 0 spiro atoms. The van der Waals surface area contributed by atoms with Gasteiger partial charge >= 0.3 is 6.03 Å².